The molecule has 21 heavy (non-hydrogen) atoms. The third-order valence-electron chi connectivity index (χ3n) is 4.84. The summed E-state index contributed by atoms with van der Waals surface area (Å²) in [4.78, 5) is 2.54. The maximum absolute atomic E-state index is 5.28. The average molecular weight is 284 g/mol. The zero-order valence-corrected chi connectivity index (χ0v) is 12.3. The van der Waals surface area contributed by atoms with Gasteiger partial charge in [0.2, 0.25) is 0 Å². The van der Waals surface area contributed by atoms with Crippen LogP contribution in [0.5, 0.6) is 5.75 Å². The lowest BCUT2D eigenvalue weighted by atomic mass is 9.84. The third-order valence-corrected chi connectivity index (χ3v) is 4.84. The number of rotatable bonds is 3. The molecule has 1 aromatic carbocycles. The number of aromatic nitrogens is 3. The van der Waals surface area contributed by atoms with Crippen LogP contribution in [0.15, 0.2) is 30.5 Å². The van der Waals surface area contributed by atoms with E-state index in [2.05, 4.69) is 26.1 Å². The fourth-order valence-corrected chi connectivity index (χ4v) is 3.59. The van der Waals surface area contributed by atoms with Gasteiger partial charge in [-0.05, 0) is 44.0 Å². The first-order valence-electron chi connectivity index (χ1n) is 7.62. The van der Waals surface area contributed by atoms with Crippen molar-refractivity contribution in [2.75, 3.05) is 26.7 Å². The second-order valence-corrected chi connectivity index (χ2v) is 6.02. The van der Waals surface area contributed by atoms with Crippen LogP contribution in [-0.2, 0) is 0 Å². The molecule has 0 N–H and O–H groups in total. The van der Waals surface area contributed by atoms with Crippen LogP contribution in [0.25, 0.3) is 11.3 Å². The van der Waals surface area contributed by atoms with Gasteiger partial charge in [0.15, 0.2) is 0 Å². The standard InChI is InChI=1S/C16H20N4O/c1-21-14-4-2-3-13(9-14)15-10-20(18-17-15)16-11-19-7-5-12(16)6-8-19/h2-4,9-10,12,16H,5-8,11H2,1H3. The van der Waals surface area contributed by atoms with Gasteiger partial charge < -0.3 is 9.64 Å². The van der Waals surface area contributed by atoms with Crippen molar-refractivity contribution in [3.63, 3.8) is 0 Å². The van der Waals surface area contributed by atoms with E-state index in [-0.39, 0.29) is 0 Å². The van der Waals surface area contributed by atoms with Crippen molar-refractivity contribution in [1.29, 1.82) is 0 Å². The van der Waals surface area contributed by atoms with Crippen molar-refractivity contribution in [3.05, 3.63) is 30.5 Å². The first-order chi connectivity index (χ1) is 10.3. The smallest absolute Gasteiger partial charge is 0.119 e. The number of ether oxygens (including phenoxy) is 1. The quantitative estimate of drug-likeness (QED) is 0.867. The van der Waals surface area contributed by atoms with E-state index in [0.717, 1.165) is 29.5 Å². The molecule has 4 heterocycles. The van der Waals surface area contributed by atoms with Crippen LogP contribution in [0.3, 0.4) is 0 Å². The Kier molecular flexibility index (Phi) is 3.15. The van der Waals surface area contributed by atoms with Gasteiger partial charge in [-0.1, -0.05) is 17.3 Å². The van der Waals surface area contributed by atoms with Gasteiger partial charge in [-0.25, -0.2) is 4.68 Å². The first kappa shape index (κ1) is 12.8. The van der Waals surface area contributed by atoms with Gasteiger partial charge in [0.25, 0.3) is 0 Å². The molecule has 5 nitrogen and oxygen atoms in total. The number of methoxy groups -OCH3 is 1. The normalized spacial score (nSPS) is 27.8. The molecule has 1 atom stereocenters. The molecule has 1 aromatic heterocycles. The van der Waals surface area contributed by atoms with E-state index < -0.39 is 0 Å². The summed E-state index contributed by atoms with van der Waals surface area (Å²) in [6, 6.07) is 8.47. The molecule has 110 valence electrons. The summed E-state index contributed by atoms with van der Waals surface area (Å²) in [5, 5.41) is 8.75. The van der Waals surface area contributed by atoms with Crippen molar-refractivity contribution >= 4 is 0 Å². The zero-order chi connectivity index (χ0) is 14.2. The minimum absolute atomic E-state index is 0.486. The molecule has 3 aliphatic rings. The van der Waals surface area contributed by atoms with E-state index in [1.54, 1.807) is 7.11 Å². The van der Waals surface area contributed by atoms with Crippen molar-refractivity contribution < 1.29 is 4.74 Å². The highest BCUT2D eigenvalue weighted by Gasteiger charge is 2.35. The fourth-order valence-electron chi connectivity index (χ4n) is 3.59. The molecule has 0 amide bonds. The summed E-state index contributed by atoms with van der Waals surface area (Å²) in [5.74, 6) is 1.61. The van der Waals surface area contributed by atoms with E-state index >= 15 is 0 Å². The number of hydrogen-bond acceptors (Lipinski definition) is 4. The predicted octanol–water partition coefficient (Wildman–Crippen LogP) is 2.22. The Morgan fingerprint density at radius 3 is 2.81 bits per heavy atom. The van der Waals surface area contributed by atoms with Crippen molar-refractivity contribution in [1.82, 2.24) is 19.9 Å². The second kappa shape index (κ2) is 5.15. The third kappa shape index (κ3) is 2.31. The Morgan fingerprint density at radius 1 is 1.24 bits per heavy atom. The number of piperidine rings is 3. The van der Waals surface area contributed by atoms with Gasteiger partial charge in [0.05, 0.1) is 19.3 Å². The van der Waals surface area contributed by atoms with Crippen LogP contribution in [0.2, 0.25) is 0 Å². The van der Waals surface area contributed by atoms with E-state index in [9.17, 15) is 0 Å². The van der Waals surface area contributed by atoms with Crippen LogP contribution in [0.4, 0.5) is 0 Å². The van der Waals surface area contributed by atoms with Crippen LogP contribution in [-0.4, -0.2) is 46.6 Å². The Hall–Kier alpha value is -1.88. The Bertz CT molecular complexity index is 631. The maximum Gasteiger partial charge on any atom is 0.119 e. The lowest BCUT2D eigenvalue weighted by Crippen LogP contribution is -2.48. The van der Waals surface area contributed by atoms with Crippen LogP contribution < -0.4 is 4.74 Å². The SMILES string of the molecule is COc1cccc(-c2cn(C3CN4CCC3CC4)nn2)c1. The van der Waals surface area contributed by atoms with E-state index in [1.165, 1.54) is 25.9 Å². The van der Waals surface area contributed by atoms with Gasteiger partial charge in [-0.3, -0.25) is 0 Å². The fraction of sp³-hybridized carbons (Fsp3) is 0.500. The summed E-state index contributed by atoms with van der Waals surface area (Å²) in [7, 11) is 1.68. The minimum atomic E-state index is 0.486. The number of fused-ring (bicyclic) bond motifs is 3. The largest absolute Gasteiger partial charge is 0.497 e. The van der Waals surface area contributed by atoms with E-state index in [0.29, 0.717) is 6.04 Å². The van der Waals surface area contributed by atoms with Crippen molar-refractivity contribution in [2.45, 2.75) is 18.9 Å². The average Bonchev–Trinajstić information content (AvgIpc) is 3.06. The molecule has 0 spiro atoms. The molecule has 3 aliphatic heterocycles. The summed E-state index contributed by atoms with van der Waals surface area (Å²) < 4.78 is 7.35. The van der Waals surface area contributed by atoms with Gasteiger partial charge in [-0.2, -0.15) is 0 Å². The number of nitrogens with zero attached hydrogens (tertiary/aromatic N) is 4. The highest BCUT2D eigenvalue weighted by atomic mass is 16.5. The molecular weight excluding hydrogens is 264 g/mol. The molecule has 2 aromatic rings. The molecule has 0 saturated carbocycles. The Labute approximate surface area is 124 Å². The monoisotopic (exact) mass is 284 g/mol. The molecule has 1 unspecified atom stereocenters. The van der Waals surface area contributed by atoms with Gasteiger partial charge in [0.1, 0.15) is 11.4 Å². The lowest BCUT2D eigenvalue weighted by Gasteiger charge is -2.44. The van der Waals surface area contributed by atoms with Gasteiger partial charge in [0, 0.05) is 12.1 Å². The van der Waals surface area contributed by atoms with Crippen LogP contribution in [0.1, 0.15) is 18.9 Å². The summed E-state index contributed by atoms with van der Waals surface area (Å²) in [6.45, 7) is 3.61. The van der Waals surface area contributed by atoms with E-state index in [4.69, 9.17) is 4.74 Å². The second-order valence-electron chi connectivity index (χ2n) is 6.02. The number of benzene rings is 1. The topological polar surface area (TPSA) is 43.2 Å². The molecule has 5 rings (SSSR count). The summed E-state index contributed by atoms with van der Waals surface area (Å²) in [5.41, 5.74) is 1.98. The first-order valence-corrected chi connectivity index (χ1v) is 7.62. The van der Waals surface area contributed by atoms with Gasteiger partial charge in [-0.15, -0.1) is 5.10 Å². The molecule has 5 heteroatoms. The summed E-state index contributed by atoms with van der Waals surface area (Å²) >= 11 is 0. The minimum Gasteiger partial charge on any atom is -0.497 e. The van der Waals surface area contributed by atoms with Crippen LogP contribution >= 0.6 is 0 Å². The van der Waals surface area contributed by atoms with Gasteiger partial charge >= 0.3 is 0 Å². The molecular formula is C16H20N4O. The van der Waals surface area contributed by atoms with Crippen LogP contribution in [0, 0.1) is 5.92 Å². The molecule has 3 saturated heterocycles. The lowest BCUT2D eigenvalue weighted by molar-refractivity contribution is 0.0504. The van der Waals surface area contributed by atoms with Crippen molar-refractivity contribution in [3.8, 4) is 17.0 Å². The van der Waals surface area contributed by atoms with Crippen molar-refractivity contribution in [2.24, 2.45) is 5.92 Å². The molecule has 2 bridgehead atoms. The Balaban J connectivity index is 1.60. The maximum atomic E-state index is 5.28. The summed E-state index contributed by atoms with van der Waals surface area (Å²) in [6.07, 6.45) is 4.67. The highest BCUT2D eigenvalue weighted by molar-refractivity contribution is 5.59. The highest BCUT2D eigenvalue weighted by Crippen LogP contribution is 2.35. The molecule has 0 radical (unpaired) electrons. The number of hydrogen-bond donors (Lipinski definition) is 0. The van der Waals surface area contributed by atoms with E-state index in [1.807, 2.05) is 24.3 Å². The predicted molar refractivity (Wildman–Crippen MR) is 80.2 cm³/mol. The Morgan fingerprint density at radius 2 is 2.10 bits per heavy atom. The molecule has 3 fully saturated rings. The molecule has 0 aliphatic carbocycles. The zero-order valence-electron chi connectivity index (χ0n) is 12.3.